The van der Waals surface area contributed by atoms with Crippen LogP contribution >= 0.6 is 0 Å². The van der Waals surface area contributed by atoms with Crippen molar-refractivity contribution in [2.45, 2.75) is 19.9 Å². The van der Waals surface area contributed by atoms with Crippen molar-refractivity contribution in [1.29, 1.82) is 0 Å². The van der Waals surface area contributed by atoms with E-state index in [0.717, 1.165) is 24.3 Å². The molecule has 0 amide bonds. The van der Waals surface area contributed by atoms with Crippen LogP contribution in [0.3, 0.4) is 0 Å². The first-order valence-electron chi connectivity index (χ1n) is 4.52. The highest BCUT2D eigenvalue weighted by Gasteiger charge is 1.93. The molecule has 0 aliphatic heterocycles. The maximum atomic E-state index is 5.44. The summed E-state index contributed by atoms with van der Waals surface area (Å²) in [5, 5.41) is 0. The van der Waals surface area contributed by atoms with E-state index >= 15 is 0 Å². The third-order valence-electron chi connectivity index (χ3n) is 1.70. The number of hydrogen-bond donors (Lipinski definition) is 2. The molecule has 3 N–H and O–H groups in total. The first kappa shape index (κ1) is 10.0. The van der Waals surface area contributed by atoms with Crippen LogP contribution in [0.25, 0.3) is 0 Å². The molecular formula is C10H16N2O. The van der Waals surface area contributed by atoms with E-state index < -0.39 is 0 Å². The molecule has 0 atom stereocenters. The molecule has 13 heavy (non-hydrogen) atoms. The molecule has 72 valence electrons. The largest absolute Gasteiger partial charge is 0.494 e. The third-order valence-corrected chi connectivity index (χ3v) is 1.70. The Labute approximate surface area is 78.9 Å². The van der Waals surface area contributed by atoms with E-state index in [-0.39, 0.29) is 0 Å². The van der Waals surface area contributed by atoms with E-state index in [1.54, 1.807) is 0 Å². The van der Waals surface area contributed by atoms with Gasteiger partial charge in [-0.1, -0.05) is 19.1 Å². The average Bonchev–Trinajstić information content (AvgIpc) is 2.17. The summed E-state index contributed by atoms with van der Waals surface area (Å²) in [5.74, 6) is 6.12. The molecule has 3 nitrogen and oxygen atoms in total. The normalized spacial score (nSPS) is 10.0. The smallest absolute Gasteiger partial charge is 0.119 e. The van der Waals surface area contributed by atoms with Gasteiger partial charge in [-0.3, -0.25) is 11.3 Å². The lowest BCUT2D eigenvalue weighted by Crippen LogP contribution is -2.20. The van der Waals surface area contributed by atoms with Crippen LogP contribution in [0.15, 0.2) is 24.3 Å². The Morgan fingerprint density at radius 2 is 2.00 bits per heavy atom. The average molecular weight is 180 g/mol. The van der Waals surface area contributed by atoms with Crippen molar-refractivity contribution in [1.82, 2.24) is 5.43 Å². The maximum Gasteiger partial charge on any atom is 0.119 e. The minimum atomic E-state index is 0.689. The number of nitrogens with two attached hydrogens (primary N) is 1. The van der Waals surface area contributed by atoms with Crippen molar-refractivity contribution in [3.63, 3.8) is 0 Å². The molecule has 0 saturated carbocycles. The molecule has 0 fully saturated rings. The first-order valence-corrected chi connectivity index (χ1v) is 4.52. The molecular weight excluding hydrogens is 164 g/mol. The van der Waals surface area contributed by atoms with E-state index in [4.69, 9.17) is 10.6 Å². The molecule has 0 radical (unpaired) electrons. The van der Waals surface area contributed by atoms with Gasteiger partial charge in [-0.15, -0.1) is 0 Å². The van der Waals surface area contributed by atoms with Crippen LogP contribution in [-0.4, -0.2) is 6.61 Å². The lowest BCUT2D eigenvalue weighted by molar-refractivity contribution is 0.317. The molecule has 1 rings (SSSR count). The van der Waals surface area contributed by atoms with Gasteiger partial charge in [-0.05, 0) is 24.1 Å². The highest BCUT2D eigenvalue weighted by atomic mass is 16.5. The summed E-state index contributed by atoms with van der Waals surface area (Å²) < 4.78 is 5.44. The lowest BCUT2D eigenvalue weighted by Gasteiger charge is -2.05. The number of benzene rings is 1. The van der Waals surface area contributed by atoms with E-state index in [1.165, 1.54) is 0 Å². The Morgan fingerprint density at radius 1 is 1.31 bits per heavy atom. The summed E-state index contributed by atoms with van der Waals surface area (Å²) in [7, 11) is 0. The highest BCUT2D eigenvalue weighted by Crippen LogP contribution is 2.11. The van der Waals surface area contributed by atoms with Gasteiger partial charge in [0.15, 0.2) is 0 Å². The zero-order valence-corrected chi connectivity index (χ0v) is 7.92. The predicted octanol–water partition coefficient (Wildman–Crippen LogP) is 1.44. The quantitative estimate of drug-likeness (QED) is 0.532. The number of nitrogens with one attached hydrogen (secondary N) is 1. The number of hydrazine groups is 1. The molecule has 0 saturated heterocycles. The fourth-order valence-electron chi connectivity index (χ4n) is 1.04. The van der Waals surface area contributed by atoms with Gasteiger partial charge in [-0.25, -0.2) is 0 Å². The van der Waals surface area contributed by atoms with E-state index in [2.05, 4.69) is 12.3 Å². The topological polar surface area (TPSA) is 47.3 Å². The minimum absolute atomic E-state index is 0.689. The first-order chi connectivity index (χ1) is 6.36. The van der Waals surface area contributed by atoms with Crippen molar-refractivity contribution in [2.75, 3.05) is 6.61 Å². The molecule has 0 spiro atoms. The second-order valence-corrected chi connectivity index (χ2v) is 2.87. The van der Waals surface area contributed by atoms with Crippen molar-refractivity contribution < 1.29 is 4.74 Å². The van der Waals surface area contributed by atoms with Crippen LogP contribution < -0.4 is 16.0 Å². The number of hydrogen-bond acceptors (Lipinski definition) is 3. The molecule has 0 heterocycles. The zero-order chi connectivity index (χ0) is 9.52. The molecule has 0 aliphatic rings. The molecule has 0 aromatic heterocycles. The van der Waals surface area contributed by atoms with Gasteiger partial charge in [0.05, 0.1) is 6.61 Å². The van der Waals surface area contributed by atoms with E-state index in [1.807, 2.05) is 24.3 Å². The number of ether oxygens (including phenoxy) is 1. The second kappa shape index (κ2) is 5.56. The van der Waals surface area contributed by atoms with Crippen LogP contribution in [0.4, 0.5) is 0 Å². The fourth-order valence-corrected chi connectivity index (χ4v) is 1.04. The monoisotopic (exact) mass is 180 g/mol. The molecule has 1 aromatic carbocycles. The molecule has 3 heteroatoms. The van der Waals surface area contributed by atoms with Crippen LogP contribution in [0.5, 0.6) is 5.75 Å². The summed E-state index contributed by atoms with van der Waals surface area (Å²) in [6, 6.07) is 7.93. The Kier molecular flexibility index (Phi) is 4.29. The SMILES string of the molecule is CCCOc1ccc(CNN)cc1. The van der Waals surface area contributed by atoms with Crippen LogP contribution in [-0.2, 0) is 6.54 Å². The van der Waals surface area contributed by atoms with E-state index in [0.29, 0.717) is 6.54 Å². The van der Waals surface area contributed by atoms with Gasteiger partial charge < -0.3 is 4.74 Å². The molecule has 0 aliphatic carbocycles. The summed E-state index contributed by atoms with van der Waals surface area (Å²) >= 11 is 0. The molecule has 1 aromatic rings. The Bertz CT molecular complexity index is 233. The Balaban J connectivity index is 2.48. The van der Waals surface area contributed by atoms with Gasteiger partial charge in [-0.2, -0.15) is 0 Å². The number of rotatable bonds is 5. The van der Waals surface area contributed by atoms with E-state index in [9.17, 15) is 0 Å². The summed E-state index contributed by atoms with van der Waals surface area (Å²) in [5.41, 5.74) is 3.76. The minimum Gasteiger partial charge on any atom is -0.494 e. The van der Waals surface area contributed by atoms with Crippen molar-refractivity contribution in [3.8, 4) is 5.75 Å². The van der Waals surface area contributed by atoms with Crippen LogP contribution in [0.2, 0.25) is 0 Å². The Hall–Kier alpha value is -1.06. The zero-order valence-electron chi connectivity index (χ0n) is 7.92. The van der Waals surface area contributed by atoms with Crippen LogP contribution in [0.1, 0.15) is 18.9 Å². The van der Waals surface area contributed by atoms with Crippen molar-refractivity contribution >= 4 is 0 Å². The van der Waals surface area contributed by atoms with Crippen LogP contribution in [0, 0.1) is 0 Å². The molecule has 0 bridgehead atoms. The van der Waals surface area contributed by atoms with Gasteiger partial charge in [0.2, 0.25) is 0 Å². The second-order valence-electron chi connectivity index (χ2n) is 2.87. The Morgan fingerprint density at radius 3 is 2.54 bits per heavy atom. The van der Waals surface area contributed by atoms with Gasteiger partial charge in [0, 0.05) is 6.54 Å². The van der Waals surface area contributed by atoms with Crippen molar-refractivity contribution in [2.24, 2.45) is 5.84 Å². The highest BCUT2D eigenvalue weighted by molar-refractivity contribution is 5.27. The standard InChI is InChI=1S/C10H16N2O/c1-2-7-13-10-5-3-9(4-6-10)8-12-11/h3-6,12H,2,7-8,11H2,1H3. The molecule has 0 unspecified atom stereocenters. The summed E-state index contributed by atoms with van der Waals surface area (Å²) in [6.07, 6.45) is 1.03. The summed E-state index contributed by atoms with van der Waals surface area (Å²) in [4.78, 5) is 0. The van der Waals surface area contributed by atoms with Gasteiger partial charge in [0.25, 0.3) is 0 Å². The van der Waals surface area contributed by atoms with Gasteiger partial charge >= 0.3 is 0 Å². The third kappa shape index (κ3) is 3.44. The summed E-state index contributed by atoms with van der Waals surface area (Å²) in [6.45, 7) is 3.55. The maximum absolute atomic E-state index is 5.44. The fraction of sp³-hybridized carbons (Fsp3) is 0.400. The van der Waals surface area contributed by atoms with Gasteiger partial charge in [0.1, 0.15) is 5.75 Å². The predicted molar refractivity (Wildman–Crippen MR) is 53.3 cm³/mol. The van der Waals surface area contributed by atoms with Crippen molar-refractivity contribution in [3.05, 3.63) is 29.8 Å². The lowest BCUT2D eigenvalue weighted by atomic mass is 10.2.